The van der Waals surface area contributed by atoms with Crippen molar-refractivity contribution in [2.24, 2.45) is 0 Å². The highest BCUT2D eigenvalue weighted by atomic mass is 35.5. The second kappa shape index (κ2) is 6.55. The number of nitrogens with zero attached hydrogens (tertiary/aromatic N) is 2. The van der Waals surface area contributed by atoms with Crippen LogP contribution in [0.5, 0.6) is 0 Å². The summed E-state index contributed by atoms with van der Waals surface area (Å²) >= 11 is 7.45. The SMILES string of the molecule is O=C(/C=C/c1cccs1)Nc1nnc(-c2cccc(Cl)c2)o1. The van der Waals surface area contributed by atoms with E-state index in [1.807, 2.05) is 17.5 Å². The second-order valence-corrected chi connectivity index (χ2v) is 5.68. The summed E-state index contributed by atoms with van der Waals surface area (Å²) in [6, 6.07) is 10.9. The van der Waals surface area contributed by atoms with E-state index < -0.39 is 0 Å². The Morgan fingerprint density at radius 1 is 1.27 bits per heavy atom. The minimum absolute atomic E-state index is 0.0378. The molecule has 0 spiro atoms. The number of benzene rings is 1. The van der Waals surface area contributed by atoms with Crippen molar-refractivity contribution in [2.45, 2.75) is 0 Å². The lowest BCUT2D eigenvalue weighted by Crippen LogP contribution is -2.07. The highest BCUT2D eigenvalue weighted by Crippen LogP contribution is 2.22. The maximum atomic E-state index is 11.8. The Kier molecular flexibility index (Phi) is 4.32. The summed E-state index contributed by atoms with van der Waals surface area (Å²) in [6.07, 6.45) is 3.13. The molecule has 1 amide bonds. The van der Waals surface area contributed by atoms with Gasteiger partial charge in [0.15, 0.2) is 0 Å². The van der Waals surface area contributed by atoms with Gasteiger partial charge in [-0.05, 0) is 35.7 Å². The number of carbonyl (C=O) groups excluding carboxylic acids is 1. The van der Waals surface area contributed by atoms with E-state index in [0.717, 1.165) is 4.88 Å². The molecule has 1 aromatic carbocycles. The lowest BCUT2D eigenvalue weighted by molar-refractivity contribution is -0.112. The molecule has 1 N–H and O–H groups in total. The van der Waals surface area contributed by atoms with Gasteiger partial charge >= 0.3 is 6.01 Å². The molecule has 0 saturated carbocycles. The van der Waals surface area contributed by atoms with Crippen LogP contribution in [-0.4, -0.2) is 16.1 Å². The minimum atomic E-state index is -0.338. The van der Waals surface area contributed by atoms with Crippen LogP contribution in [0.2, 0.25) is 5.02 Å². The maximum Gasteiger partial charge on any atom is 0.322 e. The fraction of sp³-hybridized carbons (Fsp3) is 0. The Labute approximate surface area is 135 Å². The lowest BCUT2D eigenvalue weighted by atomic mass is 10.2. The largest absolute Gasteiger partial charge is 0.403 e. The first-order valence-corrected chi connectivity index (χ1v) is 7.58. The molecule has 0 unspecified atom stereocenters. The summed E-state index contributed by atoms with van der Waals surface area (Å²) in [6.45, 7) is 0. The molecular weight excluding hydrogens is 322 g/mol. The standard InChI is InChI=1S/C15H10ClN3O2S/c16-11-4-1-3-10(9-11)14-18-19-15(21-14)17-13(20)7-6-12-5-2-8-22-12/h1-9H,(H,17,19,20)/b7-6+. The third-order valence-corrected chi connectivity index (χ3v) is 3.74. The van der Waals surface area contributed by atoms with E-state index in [4.69, 9.17) is 16.0 Å². The molecule has 5 nitrogen and oxygen atoms in total. The van der Waals surface area contributed by atoms with Crippen molar-refractivity contribution in [1.29, 1.82) is 0 Å². The summed E-state index contributed by atoms with van der Waals surface area (Å²) in [5.41, 5.74) is 0.689. The summed E-state index contributed by atoms with van der Waals surface area (Å²) in [7, 11) is 0. The normalized spacial score (nSPS) is 11.0. The third kappa shape index (κ3) is 3.60. The van der Waals surface area contributed by atoms with Gasteiger partial charge in [0.05, 0.1) is 0 Å². The number of hydrogen-bond acceptors (Lipinski definition) is 5. The van der Waals surface area contributed by atoms with Crippen molar-refractivity contribution < 1.29 is 9.21 Å². The van der Waals surface area contributed by atoms with Crippen LogP contribution in [0.1, 0.15) is 4.88 Å². The Hall–Kier alpha value is -2.44. The van der Waals surface area contributed by atoms with Gasteiger partial charge in [-0.15, -0.1) is 16.4 Å². The number of halogens is 1. The summed E-state index contributed by atoms with van der Waals surface area (Å²) in [5.74, 6) is -0.0465. The van der Waals surface area contributed by atoms with Crippen molar-refractivity contribution in [2.75, 3.05) is 5.32 Å². The zero-order chi connectivity index (χ0) is 15.4. The first-order chi connectivity index (χ1) is 10.7. The van der Waals surface area contributed by atoms with Gasteiger partial charge in [0.2, 0.25) is 5.89 Å². The average molecular weight is 332 g/mol. The van der Waals surface area contributed by atoms with Crippen molar-refractivity contribution in [3.05, 3.63) is 57.8 Å². The van der Waals surface area contributed by atoms with E-state index in [1.54, 1.807) is 41.7 Å². The number of carbonyl (C=O) groups is 1. The first kappa shape index (κ1) is 14.5. The molecule has 0 fully saturated rings. The van der Waals surface area contributed by atoms with Gasteiger partial charge in [0.25, 0.3) is 5.91 Å². The van der Waals surface area contributed by atoms with Crippen LogP contribution in [-0.2, 0) is 4.79 Å². The number of amides is 1. The molecular formula is C15H10ClN3O2S. The zero-order valence-electron chi connectivity index (χ0n) is 11.2. The molecule has 0 aliphatic rings. The molecule has 2 heterocycles. The van der Waals surface area contributed by atoms with Gasteiger partial charge in [-0.3, -0.25) is 10.1 Å². The smallest absolute Gasteiger partial charge is 0.322 e. The molecule has 0 radical (unpaired) electrons. The fourth-order valence-electron chi connectivity index (χ4n) is 1.70. The molecule has 0 aliphatic heterocycles. The lowest BCUT2D eigenvalue weighted by Gasteiger charge is -1.95. The van der Waals surface area contributed by atoms with Gasteiger partial charge in [-0.1, -0.05) is 28.8 Å². The van der Waals surface area contributed by atoms with Gasteiger partial charge in [-0.2, -0.15) is 0 Å². The van der Waals surface area contributed by atoms with Crippen LogP contribution in [0.4, 0.5) is 6.01 Å². The van der Waals surface area contributed by atoms with E-state index in [2.05, 4.69) is 15.5 Å². The quantitative estimate of drug-likeness (QED) is 0.731. The second-order valence-electron chi connectivity index (χ2n) is 4.26. The van der Waals surface area contributed by atoms with Gasteiger partial charge < -0.3 is 4.42 Å². The average Bonchev–Trinajstić information content (AvgIpc) is 3.16. The van der Waals surface area contributed by atoms with Crippen molar-refractivity contribution in [3.63, 3.8) is 0 Å². The van der Waals surface area contributed by atoms with E-state index in [9.17, 15) is 4.79 Å². The molecule has 0 bridgehead atoms. The number of rotatable bonds is 4. The van der Waals surface area contributed by atoms with E-state index in [1.165, 1.54) is 6.08 Å². The Morgan fingerprint density at radius 2 is 2.18 bits per heavy atom. The molecule has 22 heavy (non-hydrogen) atoms. The third-order valence-electron chi connectivity index (χ3n) is 2.67. The zero-order valence-corrected chi connectivity index (χ0v) is 12.8. The van der Waals surface area contributed by atoms with Crippen molar-refractivity contribution in [3.8, 4) is 11.5 Å². The number of nitrogens with one attached hydrogen (secondary N) is 1. The molecule has 2 aromatic heterocycles. The molecule has 3 rings (SSSR count). The van der Waals surface area contributed by atoms with Gasteiger partial charge in [0, 0.05) is 21.5 Å². The predicted molar refractivity (Wildman–Crippen MR) is 86.7 cm³/mol. The summed E-state index contributed by atoms with van der Waals surface area (Å²) in [5, 5.41) is 12.7. The molecule has 0 aliphatic carbocycles. The van der Waals surface area contributed by atoms with Crippen LogP contribution in [0.25, 0.3) is 17.5 Å². The first-order valence-electron chi connectivity index (χ1n) is 6.33. The number of aromatic nitrogens is 2. The molecule has 110 valence electrons. The topological polar surface area (TPSA) is 68.0 Å². The van der Waals surface area contributed by atoms with Gasteiger partial charge in [0.1, 0.15) is 0 Å². The maximum absolute atomic E-state index is 11.8. The van der Waals surface area contributed by atoms with Crippen LogP contribution in [0, 0.1) is 0 Å². The van der Waals surface area contributed by atoms with Crippen LogP contribution in [0.3, 0.4) is 0 Å². The summed E-state index contributed by atoms with van der Waals surface area (Å²) < 4.78 is 5.39. The Bertz CT molecular complexity index is 812. The monoisotopic (exact) mass is 331 g/mol. The Balaban J connectivity index is 1.68. The highest BCUT2D eigenvalue weighted by Gasteiger charge is 2.10. The summed E-state index contributed by atoms with van der Waals surface area (Å²) in [4.78, 5) is 12.8. The van der Waals surface area contributed by atoms with Crippen molar-refractivity contribution in [1.82, 2.24) is 10.2 Å². The van der Waals surface area contributed by atoms with Crippen molar-refractivity contribution >= 4 is 40.9 Å². The molecule has 0 atom stereocenters. The van der Waals surface area contributed by atoms with E-state index in [0.29, 0.717) is 16.5 Å². The Morgan fingerprint density at radius 3 is 2.95 bits per heavy atom. The number of thiophene rings is 1. The highest BCUT2D eigenvalue weighted by molar-refractivity contribution is 7.10. The van der Waals surface area contributed by atoms with E-state index >= 15 is 0 Å². The molecule has 7 heteroatoms. The number of hydrogen-bond donors (Lipinski definition) is 1. The predicted octanol–water partition coefficient (Wildman–Crippen LogP) is 4.10. The van der Waals surface area contributed by atoms with Crippen LogP contribution >= 0.6 is 22.9 Å². The molecule has 0 saturated heterocycles. The van der Waals surface area contributed by atoms with Crippen LogP contribution in [0.15, 0.2) is 52.3 Å². The van der Waals surface area contributed by atoms with E-state index in [-0.39, 0.29) is 11.9 Å². The fourth-order valence-corrected chi connectivity index (χ4v) is 2.51. The molecule has 3 aromatic rings. The number of anilines is 1. The minimum Gasteiger partial charge on any atom is -0.403 e. The van der Waals surface area contributed by atoms with Crippen LogP contribution < -0.4 is 5.32 Å². The van der Waals surface area contributed by atoms with Gasteiger partial charge in [-0.25, -0.2) is 0 Å².